The zero-order chi connectivity index (χ0) is 26.1. The van der Waals surface area contributed by atoms with E-state index in [1.807, 2.05) is 30.2 Å². The summed E-state index contributed by atoms with van der Waals surface area (Å²) in [7, 11) is 1.89. The minimum atomic E-state index is -1.01. The van der Waals surface area contributed by atoms with Crippen LogP contribution in [0.25, 0.3) is 0 Å². The molecule has 2 aliphatic heterocycles. The van der Waals surface area contributed by atoms with E-state index >= 15 is 0 Å². The van der Waals surface area contributed by atoms with Gasteiger partial charge in [0.15, 0.2) is 11.5 Å². The van der Waals surface area contributed by atoms with Crippen LogP contribution in [0, 0.1) is 12.8 Å². The number of aliphatic hydroxyl groups is 1. The second kappa shape index (κ2) is 8.60. The molecule has 6 rings (SSSR count). The molecule has 1 spiro atoms. The van der Waals surface area contributed by atoms with Crippen molar-refractivity contribution in [3.05, 3.63) is 71.3 Å². The SMILES string of the molecule is C=CCN1CC[C@]23c4c5ccc(O)c4OC2C(N(C)C(=O)CCc2cccc(C)c2)C(C)C[C@@]3(O)[C@H]1C5. The molecule has 2 aromatic rings. The number of rotatable bonds is 6. The summed E-state index contributed by atoms with van der Waals surface area (Å²) in [6.07, 6.45) is 4.63. The van der Waals surface area contributed by atoms with Gasteiger partial charge in [-0.25, -0.2) is 0 Å². The molecule has 2 fully saturated rings. The number of likely N-dealkylation sites (N-methyl/N-ethyl adjacent to an activating group) is 1. The van der Waals surface area contributed by atoms with Gasteiger partial charge in [-0.05, 0) is 62.3 Å². The van der Waals surface area contributed by atoms with Gasteiger partial charge in [-0.3, -0.25) is 9.69 Å². The Morgan fingerprint density at radius 2 is 2.14 bits per heavy atom. The highest BCUT2D eigenvalue weighted by atomic mass is 16.5. The summed E-state index contributed by atoms with van der Waals surface area (Å²) in [5.41, 5.74) is 2.81. The second-order valence-corrected chi connectivity index (χ2v) is 11.8. The number of nitrogens with zero attached hydrogens (tertiary/aromatic N) is 2. The fourth-order valence-electron chi connectivity index (χ4n) is 8.31. The van der Waals surface area contributed by atoms with Crippen LogP contribution in [0.4, 0.5) is 0 Å². The zero-order valence-electron chi connectivity index (χ0n) is 22.1. The number of piperidine rings is 1. The average Bonchev–Trinajstić information content (AvgIpc) is 3.20. The second-order valence-electron chi connectivity index (χ2n) is 11.8. The minimum absolute atomic E-state index is 0.0280. The highest BCUT2D eigenvalue weighted by molar-refractivity contribution is 5.77. The average molecular weight is 503 g/mol. The maximum Gasteiger partial charge on any atom is 0.223 e. The first-order valence-corrected chi connectivity index (χ1v) is 13.6. The molecule has 6 heteroatoms. The first kappa shape index (κ1) is 24.5. The molecule has 6 nitrogen and oxygen atoms in total. The normalized spacial score (nSPS) is 33.4. The van der Waals surface area contributed by atoms with Crippen LogP contribution >= 0.6 is 0 Å². The Bertz CT molecular complexity index is 1260. The van der Waals surface area contributed by atoms with Crippen LogP contribution in [-0.2, 0) is 23.1 Å². The molecule has 2 aromatic carbocycles. The topological polar surface area (TPSA) is 73.2 Å². The summed E-state index contributed by atoms with van der Waals surface area (Å²) in [6, 6.07) is 11.8. The number of aryl methyl sites for hydroxylation is 2. The van der Waals surface area contributed by atoms with Gasteiger partial charge in [0.05, 0.1) is 17.1 Å². The van der Waals surface area contributed by atoms with Crippen molar-refractivity contribution in [2.75, 3.05) is 20.1 Å². The number of phenols is 1. The van der Waals surface area contributed by atoms with Crippen molar-refractivity contribution in [1.82, 2.24) is 9.80 Å². The number of ether oxygens (including phenoxy) is 1. The molecule has 2 N–H and O–H groups in total. The molecule has 1 saturated carbocycles. The van der Waals surface area contributed by atoms with Gasteiger partial charge < -0.3 is 19.8 Å². The van der Waals surface area contributed by atoms with Crippen LogP contribution in [0.3, 0.4) is 0 Å². The Balaban J connectivity index is 1.37. The van der Waals surface area contributed by atoms with Gasteiger partial charge in [-0.15, -0.1) is 6.58 Å². The molecule has 1 saturated heterocycles. The number of phenolic OH excluding ortho intramolecular Hbond substituents is 1. The zero-order valence-corrected chi connectivity index (χ0v) is 22.1. The third-order valence-corrected chi connectivity index (χ3v) is 9.81. The van der Waals surface area contributed by atoms with Crippen molar-refractivity contribution in [2.24, 2.45) is 5.92 Å². The van der Waals surface area contributed by atoms with E-state index in [-0.39, 0.29) is 29.7 Å². The molecule has 0 aromatic heterocycles. The summed E-state index contributed by atoms with van der Waals surface area (Å²) >= 11 is 0. The monoisotopic (exact) mass is 502 g/mol. The van der Waals surface area contributed by atoms with E-state index in [2.05, 4.69) is 43.5 Å². The van der Waals surface area contributed by atoms with E-state index in [0.29, 0.717) is 31.4 Å². The Morgan fingerprint density at radius 1 is 1.32 bits per heavy atom. The molecule has 2 heterocycles. The van der Waals surface area contributed by atoms with E-state index in [4.69, 9.17) is 4.74 Å². The molecular formula is C31H38N2O4. The molecule has 4 aliphatic rings. The molecule has 0 radical (unpaired) electrons. The van der Waals surface area contributed by atoms with Crippen LogP contribution in [0.5, 0.6) is 11.5 Å². The number of carbonyl (C=O) groups is 1. The van der Waals surface area contributed by atoms with Crippen molar-refractivity contribution >= 4 is 5.91 Å². The summed E-state index contributed by atoms with van der Waals surface area (Å²) in [4.78, 5) is 17.8. The summed E-state index contributed by atoms with van der Waals surface area (Å²) in [5.74, 6) is 0.744. The fourth-order valence-corrected chi connectivity index (χ4v) is 8.31. The van der Waals surface area contributed by atoms with Crippen molar-refractivity contribution in [3.8, 4) is 11.5 Å². The first-order chi connectivity index (χ1) is 17.7. The first-order valence-electron chi connectivity index (χ1n) is 13.6. The summed E-state index contributed by atoms with van der Waals surface area (Å²) in [5, 5.41) is 23.5. The predicted octanol–water partition coefficient (Wildman–Crippen LogP) is 3.75. The Morgan fingerprint density at radius 3 is 2.89 bits per heavy atom. The van der Waals surface area contributed by atoms with Crippen LogP contribution in [0.2, 0.25) is 0 Å². The lowest BCUT2D eigenvalue weighted by Crippen LogP contribution is -2.79. The molecule has 2 bridgehead atoms. The van der Waals surface area contributed by atoms with Crippen LogP contribution in [0.15, 0.2) is 49.1 Å². The van der Waals surface area contributed by atoms with E-state index in [1.54, 1.807) is 6.07 Å². The Kier molecular flexibility index (Phi) is 5.70. The quantitative estimate of drug-likeness (QED) is 0.589. The number of carbonyl (C=O) groups excluding carboxylic acids is 1. The van der Waals surface area contributed by atoms with Gasteiger partial charge in [0, 0.05) is 31.6 Å². The molecule has 196 valence electrons. The Labute approximate surface area is 219 Å². The number of hydrogen-bond acceptors (Lipinski definition) is 5. The van der Waals surface area contributed by atoms with Gasteiger partial charge in [0.2, 0.25) is 5.91 Å². The Hall–Kier alpha value is -2.83. The van der Waals surface area contributed by atoms with Crippen LogP contribution in [0.1, 0.15) is 48.4 Å². The van der Waals surface area contributed by atoms with E-state index in [9.17, 15) is 15.0 Å². The number of aromatic hydroxyl groups is 1. The van der Waals surface area contributed by atoms with E-state index < -0.39 is 17.1 Å². The smallest absolute Gasteiger partial charge is 0.223 e. The molecule has 3 unspecified atom stereocenters. The fraction of sp³-hybridized carbons (Fsp3) is 0.516. The third kappa shape index (κ3) is 3.34. The van der Waals surface area contributed by atoms with Crippen LogP contribution in [-0.4, -0.2) is 69.8 Å². The van der Waals surface area contributed by atoms with E-state index in [0.717, 1.165) is 36.2 Å². The molecule has 1 amide bonds. The number of amides is 1. The minimum Gasteiger partial charge on any atom is -0.504 e. The van der Waals surface area contributed by atoms with Gasteiger partial charge in [0.1, 0.15) is 6.10 Å². The maximum absolute atomic E-state index is 13.6. The lowest BCUT2D eigenvalue weighted by atomic mass is 9.46. The number of likely N-dealkylation sites (tertiary alicyclic amines) is 1. The van der Waals surface area contributed by atoms with Gasteiger partial charge in [-0.2, -0.15) is 0 Å². The van der Waals surface area contributed by atoms with Crippen LogP contribution < -0.4 is 4.74 Å². The van der Waals surface area contributed by atoms with Gasteiger partial charge in [-0.1, -0.05) is 48.9 Å². The predicted molar refractivity (Wildman–Crippen MR) is 143 cm³/mol. The standard InChI is InChI=1S/C31H38N2O4/c1-5-14-33-15-13-30-26-22-10-11-23(34)28(26)37-29(30)27(20(3)18-31(30,36)24(33)17-22)32(4)25(35)12-9-21-8-6-7-19(2)16-21/h5-8,10-11,16,20,24,27,29,34,36H,1,9,12-15,17-18H2,2-4H3/t20?,24-,27?,29?,30+,31-/m1/s1. The summed E-state index contributed by atoms with van der Waals surface area (Å²) < 4.78 is 6.66. The highest BCUT2D eigenvalue weighted by Crippen LogP contribution is 2.66. The van der Waals surface area contributed by atoms with Crippen molar-refractivity contribution in [3.63, 3.8) is 0 Å². The molecule has 6 atom stereocenters. The van der Waals surface area contributed by atoms with Gasteiger partial charge >= 0.3 is 0 Å². The maximum atomic E-state index is 13.6. The van der Waals surface area contributed by atoms with E-state index in [1.165, 1.54) is 5.56 Å². The van der Waals surface area contributed by atoms with Crippen molar-refractivity contribution in [1.29, 1.82) is 0 Å². The summed E-state index contributed by atoms with van der Waals surface area (Å²) in [6.45, 7) is 9.70. The lowest BCUT2D eigenvalue weighted by Gasteiger charge is -2.65. The third-order valence-electron chi connectivity index (χ3n) is 9.81. The van der Waals surface area contributed by atoms with Gasteiger partial charge in [0.25, 0.3) is 0 Å². The van der Waals surface area contributed by atoms with Crippen molar-refractivity contribution in [2.45, 2.75) is 75.2 Å². The molecular weight excluding hydrogens is 464 g/mol. The van der Waals surface area contributed by atoms with Crippen molar-refractivity contribution < 1.29 is 19.7 Å². The lowest BCUT2D eigenvalue weighted by molar-refractivity contribution is -0.210. The largest absolute Gasteiger partial charge is 0.504 e. The number of hydrogen-bond donors (Lipinski definition) is 2. The molecule has 2 aliphatic carbocycles. The highest BCUT2D eigenvalue weighted by Gasteiger charge is 2.74. The molecule has 37 heavy (non-hydrogen) atoms. The number of benzene rings is 2.